The molecule has 1 aliphatic heterocycles. The Morgan fingerprint density at radius 2 is 1.88 bits per heavy atom. The molecule has 6 heteroatoms. The van der Waals surface area contributed by atoms with E-state index in [0.29, 0.717) is 11.6 Å². The third kappa shape index (κ3) is 3.06. The van der Waals surface area contributed by atoms with Crippen LogP contribution in [0.2, 0.25) is 0 Å². The molecule has 3 saturated carbocycles. The monoisotopic (exact) mass is 540 g/mol. The lowest BCUT2D eigenvalue weighted by molar-refractivity contribution is -0.196. The highest BCUT2D eigenvalue weighted by atomic mass is 16.5. The van der Waals surface area contributed by atoms with Crippen molar-refractivity contribution < 1.29 is 19.1 Å². The molecule has 8 atom stereocenters. The number of carbonyl (C=O) groups excluding carboxylic acids is 3. The molecule has 0 unspecified atom stereocenters. The van der Waals surface area contributed by atoms with Gasteiger partial charge in [0.2, 0.25) is 11.8 Å². The Morgan fingerprint density at radius 3 is 2.62 bits per heavy atom. The number of fused-ring (bicyclic) bond motifs is 2. The van der Waals surface area contributed by atoms with Crippen LogP contribution in [0.25, 0.3) is 10.8 Å². The van der Waals surface area contributed by atoms with E-state index in [1.54, 1.807) is 12.4 Å². The van der Waals surface area contributed by atoms with Crippen molar-refractivity contribution in [2.24, 2.45) is 51.8 Å². The summed E-state index contributed by atoms with van der Waals surface area (Å²) < 4.78 is 5.37. The maximum atomic E-state index is 14.6. The van der Waals surface area contributed by atoms with Gasteiger partial charge in [0.25, 0.3) is 0 Å². The first kappa shape index (κ1) is 25.9. The topological polar surface area (TPSA) is 76.6 Å². The third-order valence-electron chi connectivity index (χ3n) is 12.2. The average molecular weight is 541 g/mol. The number of carbonyl (C=O) groups is 3. The molecule has 0 radical (unpaired) electrons. The van der Waals surface area contributed by atoms with Crippen LogP contribution in [0.3, 0.4) is 0 Å². The number of hydrogen-bond donors (Lipinski definition) is 0. The van der Waals surface area contributed by atoms with Crippen LogP contribution >= 0.6 is 0 Å². The van der Waals surface area contributed by atoms with Crippen LogP contribution in [0.15, 0.2) is 48.3 Å². The van der Waals surface area contributed by atoms with Gasteiger partial charge in [0.15, 0.2) is 0 Å². The van der Waals surface area contributed by atoms with E-state index in [0.717, 1.165) is 49.3 Å². The van der Waals surface area contributed by atoms with Gasteiger partial charge in [-0.3, -0.25) is 19.4 Å². The summed E-state index contributed by atoms with van der Waals surface area (Å²) >= 11 is 0. The Morgan fingerprint density at radius 1 is 1.07 bits per heavy atom. The molecule has 8 rings (SSSR count). The molecule has 0 N–H and O–H groups in total. The second kappa shape index (κ2) is 8.50. The molecule has 2 heterocycles. The van der Waals surface area contributed by atoms with Crippen molar-refractivity contribution in [1.29, 1.82) is 0 Å². The van der Waals surface area contributed by atoms with Crippen LogP contribution < -0.4 is 4.90 Å². The van der Waals surface area contributed by atoms with Crippen LogP contribution in [0.1, 0.15) is 66.2 Å². The number of anilines is 1. The maximum Gasteiger partial charge on any atom is 0.311 e. The Labute approximate surface area is 236 Å². The number of ether oxygens (including phenoxy) is 1. The van der Waals surface area contributed by atoms with Gasteiger partial charge in [0.05, 0.1) is 30.0 Å². The van der Waals surface area contributed by atoms with E-state index in [9.17, 15) is 14.4 Å². The first-order valence-electron chi connectivity index (χ1n) is 15.1. The van der Waals surface area contributed by atoms with E-state index in [2.05, 4.69) is 38.8 Å². The first-order chi connectivity index (χ1) is 19.1. The van der Waals surface area contributed by atoms with Crippen LogP contribution in [-0.4, -0.2) is 29.9 Å². The zero-order valence-corrected chi connectivity index (χ0v) is 24.3. The molecule has 2 bridgehead atoms. The van der Waals surface area contributed by atoms with Gasteiger partial charge in [0, 0.05) is 28.6 Å². The summed E-state index contributed by atoms with van der Waals surface area (Å²) in [6, 6.07) is 7.70. The fourth-order valence-corrected chi connectivity index (χ4v) is 10.7. The fourth-order valence-electron chi connectivity index (χ4n) is 10.7. The number of rotatable bonds is 3. The second-order valence-corrected chi connectivity index (χ2v) is 14.1. The van der Waals surface area contributed by atoms with Gasteiger partial charge in [-0.1, -0.05) is 51.0 Å². The first-order valence-corrected chi connectivity index (χ1v) is 15.1. The molecule has 6 nitrogen and oxygen atoms in total. The highest BCUT2D eigenvalue weighted by Gasteiger charge is 2.73. The third-order valence-corrected chi connectivity index (χ3v) is 12.2. The molecule has 4 fully saturated rings. The summed E-state index contributed by atoms with van der Waals surface area (Å²) in [4.78, 5) is 48.0. The molecule has 6 aliphatic rings. The number of benzene rings is 1. The number of hydrogen-bond acceptors (Lipinski definition) is 5. The zero-order valence-electron chi connectivity index (χ0n) is 24.3. The van der Waals surface area contributed by atoms with Crippen molar-refractivity contribution in [3.05, 3.63) is 48.3 Å². The van der Waals surface area contributed by atoms with Gasteiger partial charge in [-0.15, -0.1) is 0 Å². The number of amides is 2. The minimum Gasteiger partial charge on any atom is -0.469 e. The summed E-state index contributed by atoms with van der Waals surface area (Å²) in [6.45, 7) is 8.96. The number of aromatic nitrogens is 1. The minimum absolute atomic E-state index is 0.0382. The average Bonchev–Trinajstić information content (AvgIpc) is 3.23. The quantitative estimate of drug-likeness (QED) is 0.258. The summed E-state index contributed by atoms with van der Waals surface area (Å²) in [5.41, 5.74) is 1.06. The highest BCUT2D eigenvalue weighted by Crippen LogP contribution is 2.74. The molecule has 1 saturated heterocycles. The zero-order chi connectivity index (χ0) is 28.2. The van der Waals surface area contributed by atoms with E-state index in [-0.39, 0.29) is 58.2 Å². The molecule has 5 aliphatic carbocycles. The van der Waals surface area contributed by atoms with Gasteiger partial charge < -0.3 is 4.74 Å². The molecule has 210 valence electrons. The highest BCUT2D eigenvalue weighted by molar-refractivity contribution is 6.25. The number of methoxy groups -OCH3 is 1. The Hall–Kier alpha value is -3.02. The number of imide groups is 1. The Kier molecular flexibility index (Phi) is 5.51. The van der Waals surface area contributed by atoms with Gasteiger partial charge in [0.1, 0.15) is 0 Å². The Bertz CT molecular complexity index is 1470. The lowest BCUT2D eigenvalue weighted by Crippen LogP contribution is -2.65. The van der Waals surface area contributed by atoms with Crippen LogP contribution in [-0.2, 0) is 19.1 Å². The summed E-state index contributed by atoms with van der Waals surface area (Å²) in [5.74, 6) is -0.0137. The number of esters is 1. The van der Waals surface area contributed by atoms with E-state index >= 15 is 0 Å². The second-order valence-electron chi connectivity index (χ2n) is 14.1. The maximum absolute atomic E-state index is 14.6. The molecule has 40 heavy (non-hydrogen) atoms. The fraction of sp³-hybridized carbons (Fsp3) is 0.588. The van der Waals surface area contributed by atoms with Gasteiger partial charge in [-0.2, -0.15) is 0 Å². The molecular formula is C34H40N2O4. The minimum atomic E-state index is -0.511. The Balaban J connectivity index is 1.37. The number of nitrogens with zero attached hydrogens (tertiary/aromatic N) is 2. The summed E-state index contributed by atoms with van der Waals surface area (Å²) in [5, 5.41) is 1.81. The predicted octanol–water partition coefficient (Wildman–Crippen LogP) is 6.34. The van der Waals surface area contributed by atoms with Gasteiger partial charge >= 0.3 is 5.97 Å². The standard InChI is InChI=1S/C34H40N2O4/c1-19(2)23-17-34-14-10-25-32(3,12-7-13-33(25,4)31(39)40-5)26(34)16-22(23)27-28(34)30(38)36(29(27)37)24-9-6-8-20-18-35-15-11-21(20)24/h6,8-9,11,15,17-19,22,25-28H,7,10,12-14,16H2,1-5H3/t22-,25+,26+,27+,28-,32-,33+,34-/m0/s1. The molecule has 2 amide bonds. The van der Waals surface area contributed by atoms with Gasteiger partial charge in [-0.25, -0.2) is 4.90 Å². The van der Waals surface area contributed by atoms with E-state index in [4.69, 9.17) is 4.74 Å². The molecule has 1 aromatic carbocycles. The number of allylic oxidation sites excluding steroid dienone is 2. The van der Waals surface area contributed by atoms with Crippen molar-refractivity contribution in [2.45, 2.75) is 66.2 Å². The predicted molar refractivity (Wildman–Crippen MR) is 153 cm³/mol. The summed E-state index contributed by atoms with van der Waals surface area (Å²) in [7, 11) is 1.51. The van der Waals surface area contributed by atoms with Crippen molar-refractivity contribution in [3.8, 4) is 0 Å². The lowest BCUT2D eigenvalue weighted by Gasteiger charge is -2.68. The molecule has 1 spiro atoms. The van der Waals surface area contributed by atoms with Crippen LogP contribution in [0.5, 0.6) is 0 Å². The van der Waals surface area contributed by atoms with E-state index in [1.165, 1.54) is 17.6 Å². The molecular weight excluding hydrogens is 500 g/mol. The molecule has 1 aromatic heterocycles. The van der Waals surface area contributed by atoms with Crippen molar-refractivity contribution in [1.82, 2.24) is 4.98 Å². The largest absolute Gasteiger partial charge is 0.469 e. The summed E-state index contributed by atoms with van der Waals surface area (Å²) in [6.07, 6.45) is 11.5. The molecule has 2 aromatic rings. The SMILES string of the molecule is COC(=O)[C@]1(C)CCC[C@]2(C)[C@H]3C[C@H]4C(C(C)C)=C[C@]3(CC[C@H]21)[C@@H]1C(=O)N(c2cccc3cnccc23)C(=O)[C@@H]14. The lowest BCUT2D eigenvalue weighted by atomic mass is 9.34. The van der Waals surface area contributed by atoms with E-state index in [1.807, 2.05) is 24.3 Å². The van der Waals surface area contributed by atoms with Crippen LogP contribution in [0.4, 0.5) is 5.69 Å². The van der Waals surface area contributed by atoms with E-state index < -0.39 is 5.41 Å². The number of pyridine rings is 1. The van der Waals surface area contributed by atoms with Crippen molar-refractivity contribution in [2.75, 3.05) is 12.0 Å². The smallest absolute Gasteiger partial charge is 0.311 e. The van der Waals surface area contributed by atoms with Gasteiger partial charge in [-0.05, 0) is 80.2 Å². The van der Waals surface area contributed by atoms with Crippen molar-refractivity contribution >= 4 is 34.2 Å². The normalized spacial score (nSPS) is 40.1. The van der Waals surface area contributed by atoms with Crippen molar-refractivity contribution in [3.63, 3.8) is 0 Å². The van der Waals surface area contributed by atoms with Crippen LogP contribution in [0, 0.1) is 51.8 Å².